The standard InChI is InChI=1S/C16H18ClN3O/c17-12-4-1-11(2-5-12)3-8-16(21)20-13-6-7-14-15(9-13)19-10-18-14/h1-2,4-5,10,13H,3,6-9H2,(H,18,19)(H,20,21). The molecule has 110 valence electrons. The molecule has 1 amide bonds. The van der Waals surface area contributed by atoms with Crippen LogP contribution in [-0.4, -0.2) is 21.9 Å². The molecular weight excluding hydrogens is 286 g/mol. The first-order chi connectivity index (χ1) is 10.2. The Hall–Kier alpha value is -1.81. The summed E-state index contributed by atoms with van der Waals surface area (Å²) in [7, 11) is 0. The second-order valence-electron chi connectivity index (χ2n) is 5.46. The molecule has 2 aromatic rings. The summed E-state index contributed by atoms with van der Waals surface area (Å²) in [6.45, 7) is 0. The number of nitrogens with zero attached hydrogens (tertiary/aromatic N) is 1. The molecule has 0 saturated heterocycles. The lowest BCUT2D eigenvalue weighted by atomic mass is 9.96. The van der Waals surface area contributed by atoms with Crippen molar-refractivity contribution >= 4 is 17.5 Å². The van der Waals surface area contributed by atoms with Crippen LogP contribution in [0, 0.1) is 0 Å². The van der Waals surface area contributed by atoms with E-state index in [1.54, 1.807) is 6.33 Å². The van der Waals surface area contributed by atoms with Crippen LogP contribution in [0.3, 0.4) is 0 Å². The van der Waals surface area contributed by atoms with Crippen LogP contribution in [-0.2, 0) is 24.1 Å². The highest BCUT2D eigenvalue weighted by atomic mass is 35.5. The van der Waals surface area contributed by atoms with Gasteiger partial charge in [0, 0.05) is 29.6 Å². The molecule has 1 aliphatic carbocycles. The maximum atomic E-state index is 12.0. The fraction of sp³-hybridized carbons (Fsp3) is 0.375. The van der Waals surface area contributed by atoms with Crippen molar-refractivity contribution in [1.82, 2.24) is 15.3 Å². The topological polar surface area (TPSA) is 57.8 Å². The average Bonchev–Trinajstić information content (AvgIpc) is 2.94. The average molecular weight is 304 g/mol. The number of hydrogen-bond donors (Lipinski definition) is 2. The van der Waals surface area contributed by atoms with Gasteiger partial charge >= 0.3 is 0 Å². The molecule has 1 aromatic heterocycles. The molecular formula is C16H18ClN3O. The smallest absolute Gasteiger partial charge is 0.220 e. The number of aryl methyl sites for hydroxylation is 2. The van der Waals surface area contributed by atoms with Crippen molar-refractivity contribution in [2.45, 2.75) is 38.1 Å². The monoisotopic (exact) mass is 303 g/mol. The molecule has 0 radical (unpaired) electrons. The normalized spacial score (nSPS) is 17.3. The lowest BCUT2D eigenvalue weighted by molar-refractivity contribution is -0.121. The van der Waals surface area contributed by atoms with E-state index >= 15 is 0 Å². The number of aromatic amines is 1. The SMILES string of the molecule is O=C(CCc1ccc(Cl)cc1)NC1CCc2[nH]cnc2C1. The molecule has 0 aliphatic heterocycles. The van der Waals surface area contributed by atoms with Crippen LogP contribution in [0.5, 0.6) is 0 Å². The summed E-state index contributed by atoms with van der Waals surface area (Å²) < 4.78 is 0. The summed E-state index contributed by atoms with van der Waals surface area (Å²) in [6.07, 6.45) is 5.73. The van der Waals surface area contributed by atoms with Crippen LogP contribution in [0.4, 0.5) is 0 Å². The lowest BCUT2D eigenvalue weighted by Gasteiger charge is -2.22. The van der Waals surface area contributed by atoms with Gasteiger partial charge in [-0.05, 0) is 37.0 Å². The number of imidazole rings is 1. The highest BCUT2D eigenvalue weighted by Gasteiger charge is 2.21. The minimum absolute atomic E-state index is 0.105. The third-order valence-corrected chi connectivity index (χ3v) is 4.16. The molecule has 5 heteroatoms. The second-order valence-corrected chi connectivity index (χ2v) is 5.90. The molecule has 2 N–H and O–H groups in total. The van der Waals surface area contributed by atoms with E-state index in [0.29, 0.717) is 6.42 Å². The fourth-order valence-electron chi connectivity index (χ4n) is 2.73. The van der Waals surface area contributed by atoms with E-state index in [4.69, 9.17) is 11.6 Å². The molecule has 3 rings (SSSR count). The van der Waals surface area contributed by atoms with E-state index in [1.807, 2.05) is 24.3 Å². The van der Waals surface area contributed by atoms with Gasteiger partial charge in [0.25, 0.3) is 0 Å². The molecule has 1 heterocycles. The Morgan fingerprint density at radius 2 is 2.19 bits per heavy atom. The fourth-order valence-corrected chi connectivity index (χ4v) is 2.85. The van der Waals surface area contributed by atoms with Crippen LogP contribution in [0.15, 0.2) is 30.6 Å². The summed E-state index contributed by atoms with van der Waals surface area (Å²) in [6, 6.07) is 7.85. The number of aromatic nitrogens is 2. The van der Waals surface area contributed by atoms with Crippen molar-refractivity contribution in [1.29, 1.82) is 0 Å². The number of fused-ring (bicyclic) bond motifs is 1. The first kappa shape index (κ1) is 14.1. The molecule has 1 unspecified atom stereocenters. The zero-order chi connectivity index (χ0) is 14.7. The van der Waals surface area contributed by atoms with Gasteiger partial charge in [-0.25, -0.2) is 4.98 Å². The van der Waals surface area contributed by atoms with Crippen LogP contribution in [0.25, 0.3) is 0 Å². The Morgan fingerprint density at radius 1 is 1.38 bits per heavy atom. The Balaban J connectivity index is 1.47. The van der Waals surface area contributed by atoms with Crippen LogP contribution in [0.2, 0.25) is 5.02 Å². The number of amides is 1. The Kier molecular flexibility index (Phi) is 4.25. The highest BCUT2D eigenvalue weighted by molar-refractivity contribution is 6.30. The van der Waals surface area contributed by atoms with Crippen molar-refractivity contribution in [2.75, 3.05) is 0 Å². The maximum absolute atomic E-state index is 12.0. The number of rotatable bonds is 4. The highest BCUT2D eigenvalue weighted by Crippen LogP contribution is 2.18. The summed E-state index contributed by atoms with van der Waals surface area (Å²) in [4.78, 5) is 19.5. The van der Waals surface area contributed by atoms with E-state index in [-0.39, 0.29) is 11.9 Å². The van der Waals surface area contributed by atoms with Crippen molar-refractivity contribution in [2.24, 2.45) is 0 Å². The van der Waals surface area contributed by atoms with Crippen molar-refractivity contribution in [3.8, 4) is 0 Å². The van der Waals surface area contributed by atoms with Gasteiger partial charge in [0.05, 0.1) is 12.0 Å². The van der Waals surface area contributed by atoms with E-state index in [9.17, 15) is 4.79 Å². The molecule has 0 spiro atoms. The number of halogens is 1. The first-order valence-corrected chi connectivity index (χ1v) is 7.63. The predicted molar refractivity (Wildman–Crippen MR) is 82.3 cm³/mol. The molecule has 1 atom stereocenters. The van der Waals surface area contributed by atoms with Gasteiger partial charge in [-0.15, -0.1) is 0 Å². The Bertz CT molecular complexity index is 621. The van der Waals surface area contributed by atoms with E-state index < -0.39 is 0 Å². The van der Waals surface area contributed by atoms with Crippen LogP contribution in [0.1, 0.15) is 29.8 Å². The minimum Gasteiger partial charge on any atom is -0.353 e. The lowest BCUT2D eigenvalue weighted by Crippen LogP contribution is -2.39. The van der Waals surface area contributed by atoms with E-state index in [2.05, 4.69) is 15.3 Å². The van der Waals surface area contributed by atoms with Crippen LogP contribution < -0.4 is 5.32 Å². The third kappa shape index (κ3) is 3.64. The quantitative estimate of drug-likeness (QED) is 0.912. The molecule has 0 saturated carbocycles. The number of benzene rings is 1. The zero-order valence-corrected chi connectivity index (χ0v) is 12.5. The molecule has 1 aromatic carbocycles. The van der Waals surface area contributed by atoms with Gasteiger partial charge < -0.3 is 10.3 Å². The zero-order valence-electron chi connectivity index (χ0n) is 11.7. The second kappa shape index (κ2) is 6.31. The predicted octanol–water partition coefficient (Wildman–Crippen LogP) is 2.67. The van der Waals surface area contributed by atoms with Gasteiger partial charge in [0.2, 0.25) is 5.91 Å². The number of carbonyl (C=O) groups excluding carboxylic acids is 1. The summed E-state index contributed by atoms with van der Waals surface area (Å²) in [5, 5.41) is 3.83. The van der Waals surface area contributed by atoms with Crippen molar-refractivity contribution in [3.05, 3.63) is 52.6 Å². The molecule has 21 heavy (non-hydrogen) atoms. The molecule has 0 bridgehead atoms. The van der Waals surface area contributed by atoms with Crippen molar-refractivity contribution < 1.29 is 4.79 Å². The summed E-state index contributed by atoms with van der Waals surface area (Å²) in [5.74, 6) is 0.105. The van der Waals surface area contributed by atoms with Gasteiger partial charge in [-0.1, -0.05) is 23.7 Å². The van der Waals surface area contributed by atoms with Gasteiger partial charge in [-0.2, -0.15) is 0 Å². The molecule has 4 nitrogen and oxygen atoms in total. The largest absolute Gasteiger partial charge is 0.353 e. The van der Waals surface area contributed by atoms with E-state index in [0.717, 1.165) is 42.0 Å². The number of nitrogens with one attached hydrogen (secondary N) is 2. The number of H-pyrrole nitrogens is 1. The molecule has 1 aliphatic rings. The summed E-state index contributed by atoms with van der Waals surface area (Å²) >= 11 is 5.85. The molecule has 0 fully saturated rings. The van der Waals surface area contributed by atoms with Crippen LogP contribution >= 0.6 is 11.6 Å². The summed E-state index contributed by atoms with van der Waals surface area (Å²) in [5.41, 5.74) is 3.43. The van der Waals surface area contributed by atoms with Gasteiger partial charge in [0.15, 0.2) is 0 Å². The number of carbonyl (C=O) groups is 1. The van der Waals surface area contributed by atoms with E-state index in [1.165, 1.54) is 5.69 Å². The maximum Gasteiger partial charge on any atom is 0.220 e. The first-order valence-electron chi connectivity index (χ1n) is 7.25. The van der Waals surface area contributed by atoms with Crippen molar-refractivity contribution in [3.63, 3.8) is 0 Å². The van der Waals surface area contributed by atoms with Gasteiger partial charge in [0.1, 0.15) is 0 Å². The number of hydrogen-bond acceptors (Lipinski definition) is 2. The van der Waals surface area contributed by atoms with Gasteiger partial charge in [-0.3, -0.25) is 4.79 Å². The Morgan fingerprint density at radius 3 is 3.00 bits per heavy atom. The Labute approximate surface area is 128 Å². The third-order valence-electron chi connectivity index (χ3n) is 3.91. The minimum atomic E-state index is 0.105.